The van der Waals surface area contributed by atoms with E-state index in [9.17, 15) is 5.11 Å². The van der Waals surface area contributed by atoms with Gasteiger partial charge in [-0.2, -0.15) is 5.10 Å². The molecule has 4 nitrogen and oxygen atoms in total. The molecule has 1 aromatic heterocycles. The van der Waals surface area contributed by atoms with Gasteiger partial charge in [-0.25, -0.2) is 0 Å². The van der Waals surface area contributed by atoms with Crippen molar-refractivity contribution in [1.82, 2.24) is 9.78 Å². The lowest BCUT2D eigenvalue weighted by molar-refractivity contribution is 0.189. The molecule has 0 radical (unpaired) electrons. The van der Waals surface area contributed by atoms with Gasteiger partial charge < -0.3 is 9.84 Å². The van der Waals surface area contributed by atoms with Gasteiger partial charge in [0.15, 0.2) is 0 Å². The molecule has 4 heteroatoms. The summed E-state index contributed by atoms with van der Waals surface area (Å²) in [5, 5.41) is 14.3. The highest BCUT2D eigenvalue weighted by atomic mass is 16.5. The summed E-state index contributed by atoms with van der Waals surface area (Å²) in [4.78, 5) is 0. The standard InChI is InChI=1S/C17H24N2O2/c1-4-15(5-2)19-11-10-14(18-19)12-21-17-9-7-6-8-16(17)13(3)20/h6-11,13,15,20H,4-5,12H2,1-3H3. The molecule has 1 unspecified atom stereocenters. The highest BCUT2D eigenvalue weighted by Gasteiger charge is 2.11. The average Bonchev–Trinajstić information content (AvgIpc) is 2.95. The second-order valence-electron chi connectivity index (χ2n) is 5.26. The van der Waals surface area contributed by atoms with Crippen LogP contribution in [0.1, 0.15) is 57.0 Å². The maximum Gasteiger partial charge on any atom is 0.132 e. The minimum atomic E-state index is -0.539. The molecule has 0 fully saturated rings. The van der Waals surface area contributed by atoms with Crippen LogP contribution in [0.3, 0.4) is 0 Å². The minimum Gasteiger partial charge on any atom is -0.487 e. The van der Waals surface area contributed by atoms with E-state index < -0.39 is 6.10 Å². The second kappa shape index (κ2) is 7.27. The third-order valence-electron chi connectivity index (χ3n) is 3.72. The molecular formula is C17H24N2O2. The van der Waals surface area contributed by atoms with Crippen LogP contribution in [0.5, 0.6) is 5.75 Å². The largest absolute Gasteiger partial charge is 0.487 e. The zero-order valence-electron chi connectivity index (χ0n) is 13.0. The van der Waals surface area contributed by atoms with Crippen LogP contribution < -0.4 is 4.74 Å². The minimum absolute atomic E-state index is 0.414. The van der Waals surface area contributed by atoms with Gasteiger partial charge in [-0.3, -0.25) is 4.68 Å². The van der Waals surface area contributed by atoms with Crippen LogP contribution in [0, 0.1) is 0 Å². The molecule has 1 aromatic carbocycles. The SMILES string of the molecule is CCC(CC)n1ccc(COc2ccccc2C(C)O)n1. The van der Waals surface area contributed by atoms with E-state index in [-0.39, 0.29) is 0 Å². The third-order valence-corrected chi connectivity index (χ3v) is 3.72. The fourth-order valence-corrected chi connectivity index (χ4v) is 2.43. The number of aliphatic hydroxyl groups is 1. The topological polar surface area (TPSA) is 47.3 Å². The lowest BCUT2D eigenvalue weighted by atomic mass is 10.1. The first-order valence-electron chi connectivity index (χ1n) is 7.59. The molecule has 114 valence electrons. The van der Waals surface area contributed by atoms with Crippen LogP contribution in [0.25, 0.3) is 0 Å². The molecule has 1 heterocycles. The molecule has 0 spiro atoms. The highest BCUT2D eigenvalue weighted by Crippen LogP contribution is 2.25. The van der Waals surface area contributed by atoms with Crippen LogP contribution in [0.2, 0.25) is 0 Å². The Hall–Kier alpha value is -1.81. The van der Waals surface area contributed by atoms with Gasteiger partial charge in [0.1, 0.15) is 12.4 Å². The van der Waals surface area contributed by atoms with Crippen molar-refractivity contribution >= 4 is 0 Å². The molecule has 0 amide bonds. The van der Waals surface area contributed by atoms with Crippen LogP contribution in [-0.4, -0.2) is 14.9 Å². The Balaban J connectivity index is 2.04. The number of hydrogen-bond donors (Lipinski definition) is 1. The molecule has 0 saturated carbocycles. The lowest BCUT2D eigenvalue weighted by Crippen LogP contribution is -2.08. The van der Waals surface area contributed by atoms with Crippen LogP contribution >= 0.6 is 0 Å². The van der Waals surface area contributed by atoms with E-state index in [0.717, 1.165) is 24.1 Å². The zero-order chi connectivity index (χ0) is 15.2. The first-order chi connectivity index (χ1) is 10.2. The number of aliphatic hydroxyl groups excluding tert-OH is 1. The molecule has 0 aliphatic rings. The molecule has 2 rings (SSSR count). The summed E-state index contributed by atoms with van der Waals surface area (Å²) in [6.07, 6.45) is 3.62. The van der Waals surface area contributed by atoms with Crippen molar-refractivity contribution in [3.8, 4) is 5.75 Å². The van der Waals surface area contributed by atoms with Crippen molar-refractivity contribution in [2.75, 3.05) is 0 Å². The van der Waals surface area contributed by atoms with Crippen LogP contribution in [-0.2, 0) is 6.61 Å². The Morgan fingerprint density at radius 3 is 2.57 bits per heavy atom. The summed E-state index contributed by atoms with van der Waals surface area (Å²) in [5.74, 6) is 0.713. The summed E-state index contributed by atoms with van der Waals surface area (Å²) in [5.41, 5.74) is 1.71. The fraction of sp³-hybridized carbons (Fsp3) is 0.471. The Morgan fingerprint density at radius 1 is 1.19 bits per heavy atom. The number of aromatic nitrogens is 2. The van der Waals surface area contributed by atoms with E-state index in [1.807, 2.05) is 41.2 Å². The van der Waals surface area contributed by atoms with E-state index >= 15 is 0 Å². The van der Waals surface area contributed by atoms with E-state index in [2.05, 4.69) is 18.9 Å². The molecule has 2 aromatic rings. The molecule has 0 saturated heterocycles. The Kier molecular flexibility index (Phi) is 5.39. The molecule has 1 atom stereocenters. The Morgan fingerprint density at radius 2 is 1.90 bits per heavy atom. The normalized spacial score (nSPS) is 12.6. The molecule has 0 bridgehead atoms. The smallest absolute Gasteiger partial charge is 0.132 e. The van der Waals surface area contributed by atoms with E-state index in [0.29, 0.717) is 18.4 Å². The van der Waals surface area contributed by atoms with Gasteiger partial charge in [-0.05, 0) is 31.9 Å². The lowest BCUT2D eigenvalue weighted by Gasteiger charge is -2.13. The van der Waals surface area contributed by atoms with Crippen LogP contribution in [0.15, 0.2) is 36.5 Å². The second-order valence-corrected chi connectivity index (χ2v) is 5.26. The number of ether oxygens (including phenoxy) is 1. The number of hydrogen-bond acceptors (Lipinski definition) is 3. The summed E-state index contributed by atoms with van der Waals surface area (Å²) in [6, 6.07) is 10.00. The van der Waals surface area contributed by atoms with E-state index in [4.69, 9.17) is 4.74 Å². The Bertz CT molecular complexity index is 559. The molecule has 21 heavy (non-hydrogen) atoms. The van der Waals surface area contributed by atoms with Gasteiger partial charge in [0.05, 0.1) is 17.8 Å². The summed E-state index contributed by atoms with van der Waals surface area (Å²) < 4.78 is 7.82. The number of para-hydroxylation sites is 1. The maximum atomic E-state index is 9.74. The van der Waals surface area contributed by atoms with Crippen molar-refractivity contribution in [3.05, 3.63) is 47.8 Å². The average molecular weight is 288 g/mol. The predicted octanol–water partition coefficient (Wildman–Crippen LogP) is 3.88. The van der Waals surface area contributed by atoms with Crippen molar-refractivity contribution in [3.63, 3.8) is 0 Å². The predicted molar refractivity (Wildman–Crippen MR) is 83.3 cm³/mol. The Labute approximate surface area is 126 Å². The quantitative estimate of drug-likeness (QED) is 0.841. The molecule has 1 N–H and O–H groups in total. The van der Waals surface area contributed by atoms with Gasteiger partial charge in [-0.15, -0.1) is 0 Å². The van der Waals surface area contributed by atoms with Gasteiger partial charge in [0.25, 0.3) is 0 Å². The van der Waals surface area contributed by atoms with Crippen LogP contribution in [0.4, 0.5) is 0 Å². The van der Waals surface area contributed by atoms with E-state index in [1.54, 1.807) is 6.92 Å². The van der Waals surface area contributed by atoms with E-state index in [1.165, 1.54) is 0 Å². The first kappa shape index (κ1) is 15.6. The van der Waals surface area contributed by atoms with Gasteiger partial charge in [-0.1, -0.05) is 32.0 Å². The van der Waals surface area contributed by atoms with Crippen molar-refractivity contribution in [2.24, 2.45) is 0 Å². The number of nitrogens with zero attached hydrogens (tertiary/aromatic N) is 2. The molecule has 0 aliphatic heterocycles. The van der Waals surface area contributed by atoms with Gasteiger partial charge in [0, 0.05) is 11.8 Å². The van der Waals surface area contributed by atoms with Crippen molar-refractivity contribution < 1.29 is 9.84 Å². The zero-order valence-corrected chi connectivity index (χ0v) is 13.0. The van der Waals surface area contributed by atoms with Crippen molar-refractivity contribution in [1.29, 1.82) is 0 Å². The molecular weight excluding hydrogens is 264 g/mol. The summed E-state index contributed by atoms with van der Waals surface area (Å²) in [7, 11) is 0. The molecule has 0 aliphatic carbocycles. The monoisotopic (exact) mass is 288 g/mol. The third kappa shape index (κ3) is 3.85. The first-order valence-corrected chi connectivity index (χ1v) is 7.59. The summed E-state index contributed by atoms with van der Waals surface area (Å²) in [6.45, 7) is 6.50. The number of rotatable bonds is 7. The number of benzene rings is 1. The van der Waals surface area contributed by atoms with Gasteiger partial charge >= 0.3 is 0 Å². The van der Waals surface area contributed by atoms with Gasteiger partial charge in [0.2, 0.25) is 0 Å². The fourth-order valence-electron chi connectivity index (χ4n) is 2.43. The summed E-state index contributed by atoms with van der Waals surface area (Å²) >= 11 is 0. The highest BCUT2D eigenvalue weighted by molar-refractivity contribution is 5.34. The maximum absolute atomic E-state index is 9.74. The van der Waals surface area contributed by atoms with Crippen molar-refractivity contribution in [2.45, 2.75) is 52.4 Å².